The van der Waals surface area contributed by atoms with Crippen LogP contribution < -0.4 is 4.90 Å². The normalized spacial score (nSPS) is 20.0. The summed E-state index contributed by atoms with van der Waals surface area (Å²) >= 11 is 0. The number of amides is 1. The van der Waals surface area contributed by atoms with E-state index in [1.54, 1.807) is 0 Å². The van der Waals surface area contributed by atoms with Crippen LogP contribution in [0.2, 0.25) is 0 Å². The number of piperazine rings is 1. The predicted octanol–water partition coefficient (Wildman–Crippen LogP) is 3.47. The number of carbonyl (C=O) groups excluding carboxylic acids is 1. The van der Waals surface area contributed by atoms with Crippen molar-refractivity contribution < 1.29 is 4.79 Å². The lowest BCUT2D eigenvalue weighted by atomic mass is 9.86. The van der Waals surface area contributed by atoms with Crippen molar-refractivity contribution in [3.63, 3.8) is 0 Å². The first-order chi connectivity index (χ1) is 17.4. The minimum Gasteiger partial charge on any atom is -0.355 e. The number of piperidine rings is 1. The van der Waals surface area contributed by atoms with E-state index in [1.807, 2.05) is 29.5 Å². The topological polar surface area (TPSA) is 69.9 Å². The van der Waals surface area contributed by atoms with Crippen molar-refractivity contribution in [2.75, 3.05) is 44.7 Å². The molecule has 0 spiro atoms. The second-order valence-electron chi connectivity index (χ2n) is 10.5. The number of carbonyl (C=O) groups is 1. The van der Waals surface area contributed by atoms with E-state index in [0.717, 1.165) is 82.1 Å². The lowest BCUT2D eigenvalue weighted by molar-refractivity contribution is -0.139. The van der Waals surface area contributed by atoms with Gasteiger partial charge in [-0.1, -0.05) is 25.1 Å². The Labute approximate surface area is 214 Å². The van der Waals surface area contributed by atoms with Crippen LogP contribution in [0.5, 0.6) is 0 Å². The van der Waals surface area contributed by atoms with Crippen LogP contribution in [0.1, 0.15) is 61.5 Å². The van der Waals surface area contributed by atoms with E-state index in [2.05, 4.69) is 58.1 Å². The third kappa shape index (κ3) is 4.96. The van der Waals surface area contributed by atoms with Crippen LogP contribution in [-0.2, 0) is 17.6 Å². The van der Waals surface area contributed by atoms with Crippen molar-refractivity contribution in [3.8, 4) is 0 Å². The molecule has 2 aromatic heterocycles. The summed E-state index contributed by atoms with van der Waals surface area (Å²) in [5.41, 5.74) is 5.12. The molecule has 0 saturated carbocycles. The fourth-order valence-corrected chi connectivity index (χ4v) is 5.83. The molecular formula is C28H39N7O. The summed E-state index contributed by atoms with van der Waals surface area (Å²) in [7, 11) is 1.90. The van der Waals surface area contributed by atoms with Gasteiger partial charge in [-0.25, -0.2) is 0 Å². The smallest absolute Gasteiger partial charge is 0.239 e. The van der Waals surface area contributed by atoms with Gasteiger partial charge in [-0.3, -0.25) is 9.69 Å². The fraction of sp³-hybridized carbons (Fsp3) is 0.571. The number of aromatic nitrogens is 4. The molecule has 8 nitrogen and oxygen atoms in total. The molecule has 4 heterocycles. The molecule has 2 aliphatic rings. The first-order valence-electron chi connectivity index (χ1n) is 13.5. The van der Waals surface area contributed by atoms with Crippen LogP contribution in [0, 0.1) is 6.92 Å². The number of fused-ring (bicyclic) bond motifs is 1. The van der Waals surface area contributed by atoms with Gasteiger partial charge in [-0.2, -0.15) is 4.52 Å². The van der Waals surface area contributed by atoms with Crippen molar-refractivity contribution >= 4 is 17.4 Å². The maximum Gasteiger partial charge on any atom is 0.239 e. The van der Waals surface area contributed by atoms with Crippen LogP contribution >= 0.6 is 0 Å². The summed E-state index contributed by atoms with van der Waals surface area (Å²) in [4.78, 5) is 18.8. The van der Waals surface area contributed by atoms with Gasteiger partial charge < -0.3 is 9.80 Å². The molecule has 2 fully saturated rings. The zero-order valence-corrected chi connectivity index (χ0v) is 22.2. The summed E-state index contributed by atoms with van der Waals surface area (Å²) in [5.74, 6) is 2.76. The number of aryl methyl sites for hydroxylation is 3. The maximum absolute atomic E-state index is 12.2. The number of likely N-dealkylation sites (N-methyl/N-ethyl adjacent to an activating group) is 1. The number of benzene rings is 1. The molecule has 1 amide bonds. The number of hydrogen-bond acceptors (Lipinski definition) is 6. The Bertz CT molecular complexity index is 1210. The molecule has 0 aliphatic carbocycles. The first-order valence-corrected chi connectivity index (χ1v) is 13.5. The van der Waals surface area contributed by atoms with Crippen molar-refractivity contribution in [1.82, 2.24) is 29.6 Å². The number of hydrogen-bond donors (Lipinski definition) is 0. The second kappa shape index (κ2) is 10.5. The maximum atomic E-state index is 12.2. The van der Waals surface area contributed by atoms with E-state index in [9.17, 15) is 4.79 Å². The summed E-state index contributed by atoms with van der Waals surface area (Å²) in [6.07, 6.45) is 5.24. The predicted molar refractivity (Wildman–Crippen MR) is 143 cm³/mol. The average Bonchev–Trinajstić information content (AvgIpc) is 3.31. The van der Waals surface area contributed by atoms with Crippen LogP contribution in [0.3, 0.4) is 0 Å². The highest BCUT2D eigenvalue weighted by Gasteiger charge is 2.28. The van der Waals surface area contributed by atoms with Crippen molar-refractivity contribution in [1.29, 1.82) is 0 Å². The van der Waals surface area contributed by atoms with E-state index >= 15 is 0 Å². The number of rotatable bonds is 7. The van der Waals surface area contributed by atoms with Gasteiger partial charge in [0.1, 0.15) is 5.82 Å². The van der Waals surface area contributed by atoms with Crippen LogP contribution in [0.4, 0.5) is 5.82 Å². The van der Waals surface area contributed by atoms with Gasteiger partial charge in [0.05, 0.1) is 6.04 Å². The zero-order chi connectivity index (χ0) is 25.2. The SMILES string of the molecule is CCc1nnc2ccc(N3CCC(c4ccc(CCCN5CCN(C)C(=O)[C@H]5C)cc4C)CC3)nn12. The highest BCUT2D eigenvalue weighted by Crippen LogP contribution is 2.32. The first kappa shape index (κ1) is 24.7. The van der Waals surface area contributed by atoms with Crippen molar-refractivity contribution in [2.45, 2.75) is 64.8 Å². The summed E-state index contributed by atoms with van der Waals surface area (Å²) in [5, 5.41) is 13.3. The fourth-order valence-electron chi connectivity index (χ4n) is 5.83. The van der Waals surface area contributed by atoms with Gasteiger partial charge in [0.15, 0.2) is 11.5 Å². The van der Waals surface area contributed by atoms with Crippen LogP contribution in [0.25, 0.3) is 5.65 Å². The number of anilines is 1. The molecule has 1 atom stereocenters. The Kier molecular flexibility index (Phi) is 7.23. The Morgan fingerprint density at radius 2 is 1.83 bits per heavy atom. The lowest BCUT2D eigenvalue weighted by Gasteiger charge is -2.37. The largest absolute Gasteiger partial charge is 0.355 e. The second-order valence-corrected chi connectivity index (χ2v) is 10.5. The lowest BCUT2D eigenvalue weighted by Crippen LogP contribution is -2.54. The molecule has 0 radical (unpaired) electrons. The molecule has 0 N–H and O–H groups in total. The number of nitrogens with zero attached hydrogens (tertiary/aromatic N) is 7. The Balaban J connectivity index is 1.15. The average molecular weight is 490 g/mol. The summed E-state index contributed by atoms with van der Waals surface area (Å²) < 4.78 is 1.88. The molecule has 0 bridgehead atoms. The van der Waals surface area contributed by atoms with E-state index < -0.39 is 0 Å². The van der Waals surface area contributed by atoms with Crippen LogP contribution in [-0.4, -0.2) is 81.3 Å². The standard InChI is InChI=1S/C28H39N7O/c1-5-25-29-30-26-10-11-27(31-35(25)26)34-15-12-23(13-16-34)24-9-8-22(19-20(24)2)7-6-14-33-18-17-32(4)28(36)21(33)3/h8-11,19,21,23H,5-7,12-18H2,1-4H3/t21-/m1/s1. The summed E-state index contributed by atoms with van der Waals surface area (Å²) in [6, 6.07) is 11.2. The minimum atomic E-state index is 0.00107. The van der Waals surface area contributed by atoms with Crippen LogP contribution in [0.15, 0.2) is 30.3 Å². The van der Waals surface area contributed by atoms with E-state index in [0.29, 0.717) is 5.92 Å². The van der Waals surface area contributed by atoms with Gasteiger partial charge in [0, 0.05) is 39.6 Å². The Morgan fingerprint density at radius 3 is 2.58 bits per heavy atom. The monoisotopic (exact) mass is 489 g/mol. The Morgan fingerprint density at radius 1 is 1.03 bits per heavy atom. The van der Waals surface area contributed by atoms with Crippen molar-refractivity contribution in [2.24, 2.45) is 0 Å². The molecule has 2 aliphatic heterocycles. The Hall–Kier alpha value is -3.00. The highest BCUT2D eigenvalue weighted by molar-refractivity contribution is 5.81. The molecule has 0 unspecified atom stereocenters. The van der Waals surface area contributed by atoms with E-state index in [-0.39, 0.29) is 11.9 Å². The van der Waals surface area contributed by atoms with E-state index in [4.69, 9.17) is 5.10 Å². The molecule has 8 heteroatoms. The zero-order valence-electron chi connectivity index (χ0n) is 22.2. The molecule has 2 saturated heterocycles. The minimum absolute atomic E-state index is 0.00107. The van der Waals surface area contributed by atoms with Crippen molar-refractivity contribution in [3.05, 3.63) is 52.8 Å². The molecule has 36 heavy (non-hydrogen) atoms. The molecule has 3 aromatic rings. The molecule has 192 valence electrons. The van der Waals surface area contributed by atoms with Gasteiger partial charge in [-0.15, -0.1) is 15.3 Å². The quantitative estimate of drug-likeness (QED) is 0.506. The third-order valence-corrected chi connectivity index (χ3v) is 8.14. The van der Waals surface area contributed by atoms with Gasteiger partial charge in [0.25, 0.3) is 0 Å². The van der Waals surface area contributed by atoms with E-state index in [1.165, 1.54) is 16.7 Å². The summed E-state index contributed by atoms with van der Waals surface area (Å²) in [6.45, 7) is 11.2. The molecule has 5 rings (SSSR count). The highest BCUT2D eigenvalue weighted by atomic mass is 16.2. The van der Waals surface area contributed by atoms with Gasteiger partial charge in [-0.05, 0) is 80.8 Å². The third-order valence-electron chi connectivity index (χ3n) is 8.14. The molecular weight excluding hydrogens is 450 g/mol. The van der Waals surface area contributed by atoms with Gasteiger partial charge in [0.2, 0.25) is 5.91 Å². The molecule has 1 aromatic carbocycles. The van der Waals surface area contributed by atoms with Gasteiger partial charge >= 0.3 is 0 Å².